The second-order valence-electron chi connectivity index (χ2n) is 8.96. The molecule has 144 valence electrons. The summed E-state index contributed by atoms with van der Waals surface area (Å²) in [6.07, 6.45) is 2.91. The summed E-state index contributed by atoms with van der Waals surface area (Å²) in [5, 5.41) is 1.32. The predicted molar refractivity (Wildman–Crippen MR) is 109 cm³/mol. The van der Waals surface area contributed by atoms with Crippen LogP contribution in [0.25, 0.3) is 10.9 Å². The average molecular weight is 367 g/mol. The van der Waals surface area contributed by atoms with E-state index in [-0.39, 0.29) is 23.4 Å². The van der Waals surface area contributed by atoms with Crippen molar-refractivity contribution < 1.29 is 9.53 Å². The molecule has 1 aromatic carbocycles. The van der Waals surface area contributed by atoms with E-state index in [1.165, 1.54) is 34.6 Å². The summed E-state index contributed by atoms with van der Waals surface area (Å²) < 4.78 is 5.87. The minimum Gasteiger partial charge on any atom is -0.462 e. The highest BCUT2D eigenvalue weighted by Crippen LogP contribution is 2.48. The van der Waals surface area contributed by atoms with Crippen molar-refractivity contribution in [3.05, 3.63) is 47.7 Å². The van der Waals surface area contributed by atoms with E-state index < -0.39 is 0 Å². The fraction of sp³-hybridized carbons (Fsp3) is 0.522. The van der Waals surface area contributed by atoms with Gasteiger partial charge >= 0.3 is 5.97 Å². The molecule has 1 unspecified atom stereocenters. The van der Waals surface area contributed by atoms with Crippen LogP contribution >= 0.6 is 0 Å². The van der Waals surface area contributed by atoms with E-state index in [0.717, 1.165) is 13.0 Å². The van der Waals surface area contributed by atoms with Gasteiger partial charge in [-0.05, 0) is 30.7 Å². The maximum absolute atomic E-state index is 11.8. The van der Waals surface area contributed by atoms with Gasteiger partial charge in [-0.25, -0.2) is 0 Å². The topological polar surface area (TPSA) is 45.3 Å². The van der Waals surface area contributed by atoms with Gasteiger partial charge in [-0.3, -0.25) is 4.79 Å². The molecule has 27 heavy (non-hydrogen) atoms. The number of H-pyrrole nitrogens is 1. The van der Waals surface area contributed by atoms with Crippen molar-refractivity contribution in [2.24, 2.45) is 5.92 Å². The molecule has 4 rings (SSSR count). The number of allylic oxidation sites excluding steroid dienone is 1. The number of hydrogen-bond acceptors (Lipinski definition) is 3. The van der Waals surface area contributed by atoms with Crippen LogP contribution in [0.4, 0.5) is 0 Å². The summed E-state index contributed by atoms with van der Waals surface area (Å²) in [6.45, 7) is 13.1. The fourth-order valence-electron chi connectivity index (χ4n) is 5.28. The number of rotatable bonds is 3. The van der Waals surface area contributed by atoms with Crippen molar-refractivity contribution in [2.75, 3.05) is 13.6 Å². The van der Waals surface area contributed by atoms with Crippen LogP contribution in [-0.2, 0) is 21.4 Å². The molecule has 0 saturated carbocycles. The van der Waals surface area contributed by atoms with Gasteiger partial charge in [-0.15, -0.1) is 6.58 Å². The van der Waals surface area contributed by atoms with E-state index >= 15 is 0 Å². The minimum atomic E-state index is -0.185. The Labute approximate surface area is 161 Å². The molecule has 0 amide bonds. The first kappa shape index (κ1) is 18.3. The van der Waals surface area contributed by atoms with Crippen LogP contribution in [0.2, 0.25) is 0 Å². The lowest BCUT2D eigenvalue weighted by Crippen LogP contribution is -2.55. The molecule has 0 spiro atoms. The lowest BCUT2D eigenvalue weighted by molar-refractivity contribution is -0.155. The number of carbonyl (C=O) groups is 1. The van der Waals surface area contributed by atoms with Gasteiger partial charge in [0.1, 0.15) is 6.10 Å². The largest absolute Gasteiger partial charge is 0.462 e. The quantitative estimate of drug-likeness (QED) is 0.655. The number of ether oxygens (including phenoxy) is 1. The average Bonchev–Trinajstić information content (AvgIpc) is 2.99. The van der Waals surface area contributed by atoms with Crippen molar-refractivity contribution >= 4 is 16.9 Å². The molecule has 4 nitrogen and oxygen atoms in total. The van der Waals surface area contributed by atoms with Gasteiger partial charge in [-0.1, -0.05) is 39.0 Å². The van der Waals surface area contributed by atoms with Crippen LogP contribution in [-0.4, -0.2) is 41.6 Å². The number of nitrogens with zero attached hydrogens (tertiary/aromatic N) is 1. The SMILES string of the molecule is C=CC(C)(C)c1[nH]c2cccc3c2c1C[C@@H]1C3[C@@H](OC(C)=O)[C@@H](C)CN1C. The lowest BCUT2D eigenvalue weighted by atomic mass is 9.69. The number of benzene rings is 1. The van der Waals surface area contributed by atoms with Gasteiger partial charge in [0, 0.05) is 53.4 Å². The molecule has 1 fully saturated rings. The standard InChI is InChI=1S/C23H30N2O2/c1-7-23(4,5)22-16-11-18-20(15-9-8-10-17(24-22)19(15)16)21(27-14(3)26)13(2)12-25(18)6/h7-10,13,18,20-21,24H,1,11-12H2,2-6H3/t13-,18+,20?,21-/m0/s1. The highest BCUT2D eigenvalue weighted by atomic mass is 16.5. The Morgan fingerprint density at radius 2 is 2.15 bits per heavy atom. The molecule has 1 aliphatic heterocycles. The molecule has 1 saturated heterocycles. The molecule has 2 heterocycles. The number of hydrogen-bond donors (Lipinski definition) is 1. The number of likely N-dealkylation sites (tertiary alicyclic amines) is 1. The van der Waals surface area contributed by atoms with Crippen LogP contribution in [0.5, 0.6) is 0 Å². The van der Waals surface area contributed by atoms with E-state index in [9.17, 15) is 4.79 Å². The number of piperidine rings is 1. The predicted octanol–water partition coefficient (Wildman–Crippen LogP) is 4.15. The van der Waals surface area contributed by atoms with Crippen LogP contribution in [0, 0.1) is 5.92 Å². The van der Waals surface area contributed by atoms with E-state index in [4.69, 9.17) is 4.74 Å². The summed E-state index contributed by atoms with van der Waals surface area (Å²) in [7, 11) is 2.20. The number of nitrogens with one attached hydrogen (secondary N) is 1. The Bertz CT molecular complexity index is 910. The second-order valence-corrected chi connectivity index (χ2v) is 8.96. The molecule has 1 aliphatic carbocycles. The monoisotopic (exact) mass is 366 g/mol. The van der Waals surface area contributed by atoms with Crippen molar-refractivity contribution in [3.63, 3.8) is 0 Å². The maximum atomic E-state index is 11.8. The van der Waals surface area contributed by atoms with Crippen LogP contribution < -0.4 is 0 Å². The van der Waals surface area contributed by atoms with Gasteiger partial charge in [-0.2, -0.15) is 0 Å². The summed E-state index contributed by atoms with van der Waals surface area (Å²) in [6, 6.07) is 6.83. The zero-order valence-electron chi connectivity index (χ0n) is 17.0. The number of fused-ring (bicyclic) bond motifs is 2. The second kappa shape index (κ2) is 6.23. The van der Waals surface area contributed by atoms with Gasteiger partial charge in [0.2, 0.25) is 0 Å². The first-order chi connectivity index (χ1) is 12.7. The Morgan fingerprint density at radius 1 is 1.41 bits per heavy atom. The third kappa shape index (κ3) is 2.73. The van der Waals surface area contributed by atoms with Crippen molar-refractivity contribution in [2.45, 2.75) is 57.6 Å². The van der Waals surface area contributed by atoms with E-state index in [1.807, 2.05) is 6.08 Å². The van der Waals surface area contributed by atoms with Crippen molar-refractivity contribution in [1.29, 1.82) is 0 Å². The highest BCUT2D eigenvalue weighted by molar-refractivity contribution is 5.90. The van der Waals surface area contributed by atoms with Gasteiger partial charge in [0.05, 0.1) is 0 Å². The van der Waals surface area contributed by atoms with Crippen LogP contribution in [0.15, 0.2) is 30.9 Å². The Hall–Kier alpha value is -2.07. The molecule has 2 aromatic rings. The normalized spacial score (nSPS) is 28.0. The summed E-state index contributed by atoms with van der Waals surface area (Å²) in [5.41, 5.74) is 5.03. The zero-order chi connectivity index (χ0) is 19.5. The number of carbonyl (C=O) groups excluding carboxylic acids is 1. The highest BCUT2D eigenvalue weighted by Gasteiger charge is 2.47. The number of likely N-dealkylation sites (N-methyl/N-ethyl adjacent to an activating group) is 1. The maximum Gasteiger partial charge on any atom is 0.302 e. The summed E-state index contributed by atoms with van der Waals surface area (Å²) >= 11 is 0. The van der Waals surface area contributed by atoms with E-state index in [0.29, 0.717) is 12.0 Å². The van der Waals surface area contributed by atoms with Crippen molar-refractivity contribution in [1.82, 2.24) is 9.88 Å². The molecule has 4 atom stereocenters. The zero-order valence-corrected chi connectivity index (χ0v) is 17.0. The van der Waals surface area contributed by atoms with Gasteiger partial charge in [0.15, 0.2) is 0 Å². The van der Waals surface area contributed by atoms with E-state index in [1.54, 1.807) is 0 Å². The molecular weight excluding hydrogens is 336 g/mol. The third-order valence-electron chi connectivity index (χ3n) is 6.66. The molecule has 1 aromatic heterocycles. The van der Waals surface area contributed by atoms with Crippen LogP contribution in [0.1, 0.15) is 50.4 Å². The molecule has 2 aliphatic rings. The molecular formula is C23H30N2O2. The van der Waals surface area contributed by atoms with Gasteiger partial charge < -0.3 is 14.6 Å². The minimum absolute atomic E-state index is 0.0757. The van der Waals surface area contributed by atoms with Crippen LogP contribution in [0.3, 0.4) is 0 Å². The first-order valence-electron chi connectivity index (χ1n) is 9.89. The van der Waals surface area contributed by atoms with Crippen molar-refractivity contribution in [3.8, 4) is 0 Å². The lowest BCUT2D eigenvalue weighted by Gasteiger charge is -2.49. The first-order valence-corrected chi connectivity index (χ1v) is 9.89. The number of aromatic amines is 1. The number of aromatic nitrogens is 1. The molecule has 0 radical (unpaired) electrons. The number of esters is 1. The summed E-state index contributed by atoms with van der Waals surface area (Å²) in [5.74, 6) is 0.324. The van der Waals surface area contributed by atoms with E-state index in [2.05, 4.69) is 62.5 Å². The Kier molecular flexibility index (Phi) is 4.22. The third-order valence-corrected chi connectivity index (χ3v) is 6.66. The Morgan fingerprint density at radius 3 is 2.81 bits per heavy atom. The molecule has 1 N–H and O–H groups in total. The fourth-order valence-corrected chi connectivity index (χ4v) is 5.28. The Balaban J connectivity index is 1.94. The van der Waals surface area contributed by atoms with Gasteiger partial charge in [0.25, 0.3) is 0 Å². The molecule has 0 bridgehead atoms. The molecule has 4 heteroatoms. The smallest absolute Gasteiger partial charge is 0.302 e. The summed E-state index contributed by atoms with van der Waals surface area (Å²) in [4.78, 5) is 18.0.